The number of rotatable bonds is 7. The summed E-state index contributed by atoms with van der Waals surface area (Å²) < 4.78 is 0. The smallest absolute Gasteiger partial charge is 0.129 e. The summed E-state index contributed by atoms with van der Waals surface area (Å²) in [4.78, 5) is 8.39. The summed E-state index contributed by atoms with van der Waals surface area (Å²) in [6.45, 7) is 10.6. The summed E-state index contributed by atoms with van der Waals surface area (Å²) in [6.07, 6.45) is 1.99. The van der Waals surface area contributed by atoms with Gasteiger partial charge in [-0.2, -0.15) is 0 Å². The van der Waals surface area contributed by atoms with Gasteiger partial charge in [0.2, 0.25) is 0 Å². The predicted octanol–water partition coefficient (Wildman–Crippen LogP) is 4.23. The lowest BCUT2D eigenvalue weighted by molar-refractivity contribution is 0.595. The second-order valence-corrected chi connectivity index (χ2v) is 6.56. The van der Waals surface area contributed by atoms with E-state index in [1.165, 1.54) is 10.4 Å². The second-order valence-electron chi connectivity index (χ2n) is 5.53. The van der Waals surface area contributed by atoms with Gasteiger partial charge in [0, 0.05) is 23.2 Å². The highest BCUT2D eigenvalue weighted by Crippen LogP contribution is 2.21. The van der Waals surface area contributed by atoms with Crippen LogP contribution in [-0.2, 0) is 6.54 Å². The van der Waals surface area contributed by atoms with E-state index in [1.54, 1.807) is 11.3 Å². The Balaban J connectivity index is 2.13. The Morgan fingerprint density at radius 3 is 2.57 bits per heavy atom. The third-order valence-electron chi connectivity index (χ3n) is 3.60. The lowest BCUT2D eigenvalue weighted by atomic mass is 10.1. The molecule has 21 heavy (non-hydrogen) atoms. The van der Waals surface area contributed by atoms with E-state index in [2.05, 4.69) is 72.5 Å². The van der Waals surface area contributed by atoms with E-state index in [1.807, 2.05) is 6.20 Å². The maximum Gasteiger partial charge on any atom is 0.129 e. The Hall–Kier alpha value is -1.39. The molecule has 3 nitrogen and oxygen atoms in total. The third-order valence-corrected chi connectivity index (χ3v) is 4.47. The number of hydrogen-bond acceptors (Lipinski definition) is 4. The van der Waals surface area contributed by atoms with Crippen molar-refractivity contribution >= 4 is 17.2 Å². The van der Waals surface area contributed by atoms with Crippen LogP contribution < -0.4 is 10.2 Å². The quantitative estimate of drug-likeness (QED) is 0.829. The van der Waals surface area contributed by atoms with Crippen LogP contribution in [0.25, 0.3) is 0 Å². The largest absolute Gasteiger partial charge is 0.349 e. The fourth-order valence-corrected chi connectivity index (χ4v) is 3.05. The minimum atomic E-state index is 0.348. The molecular formula is C17H25N3S. The zero-order valence-corrected chi connectivity index (χ0v) is 14.2. The summed E-state index contributed by atoms with van der Waals surface area (Å²) in [5.74, 6) is 1.05. The molecule has 2 rings (SSSR count). The van der Waals surface area contributed by atoms with Gasteiger partial charge in [0.15, 0.2) is 0 Å². The molecule has 0 radical (unpaired) electrons. The third kappa shape index (κ3) is 4.29. The molecule has 1 N–H and O–H groups in total. The Morgan fingerprint density at radius 2 is 2.05 bits per heavy atom. The van der Waals surface area contributed by atoms with Crippen molar-refractivity contribution in [2.45, 2.75) is 46.3 Å². The van der Waals surface area contributed by atoms with Crippen molar-refractivity contribution < 1.29 is 0 Å². The molecule has 0 aromatic carbocycles. The van der Waals surface area contributed by atoms with E-state index in [0.29, 0.717) is 12.1 Å². The van der Waals surface area contributed by atoms with E-state index < -0.39 is 0 Å². The zero-order chi connectivity index (χ0) is 15.2. The van der Waals surface area contributed by atoms with Crippen molar-refractivity contribution in [2.24, 2.45) is 0 Å². The highest BCUT2D eigenvalue weighted by molar-refractivity contribution is 7.09. The minimum Gasteiger partial charge on any atom is -0.349 e. The zero-order valence-electron chi connectivity index (χ0n) is 13.3. The minimum absolute atomic E-state index is 0.348. The standard InChI is InChI=1S/C17H25N3S/c1-5-18-14(4)15-8-9-17(19-11-15)20(13(2)3)12-16-7-6-10-21-16/h6-11,13-14,18H,5,12H2,1-4H3. The van der Waals surface area contributed by atoms with Crippen molar-refractivity contribution in [3.63, 3.8) is 0 Å². The van der Waals surface area contributed by atoms with Gasteiger partial charge in [0.05, 0.1) is 6.54 Å². The van der Waals surface area contributed by atoms with Gasteiger partial charge in [-0.15, -0.1) is 11.3 Å². The molecule has 1 atom stereocenters. The van der Waals surface area contributed by atoms with Gasteiger partial charge in [0.1, 0.15) is 5.82 Å². The van der Waals surface area contributed by atoms with Crippen LogP contribution in [0, 0.1) is 0 Å². The van der Waals surface area contributed by atoms with Gasteiger partial charge in [0.25, 0.3) is 0 Å². The van der Waals surface area contributed by atoms with Crippen LogP contribution in [0.1, 0.15) is 44.2 Å². The lowest BCUT2D eigenvalue weighted by Gasteiger charge is -2.27. The van der Waals surface area contributed by atoms with Crippen molar-refractivity contribution in [1.29, 1.82) is 0 Å². The highest BCUT2D eigenvalue weighted by atomic mass is 32.1. The molecular weight excluding hydrogens is 278 g/mol. The molecule has 0 bridgehead atoms. The van der Waals surface area contributed by atoms with Gasteiger partial charge < -0.3 is 10.2 Å². The first-order valence-electron chi connectivity index (χ1n) is 7.60. The number of thiophene rings is 1. The second kappa shape index (κ2) is 7.57. The fraction of sp³-hybridized carbons (Fsp3) is 0.471. The number of nitrogens with one attached hydrogen (secondary N) is 1. The van der Waals surface area contributed by atoms with Crippen molar-refractivity contribution in [3.05, 3.63) is 46.3 Å². The predicted molar refractivity (Wildman–Crippen MR) is 92.0 cm³/mol. The van der Waals surface area contributed by atoms with Crippen LogP contribution in [0.15, 0.2) is 35.8 Å². The van der Waals surface area contributed by atoms with Crippen molar-refractivity contribution in [1.82, 2.24) is 10.3 Å². The van der Waals surface area contributed by atoms with Crippen LogP contribution in [-0.4, -0.2) is 17.6 Å². The Bertz CT molecular complexity index is 519. The summed E-state index contributed by atoms with van der Waals surface area (Å²) >= 11 is 1.80. The fourth-order valence-electron chi connectivity index (χ4n) is 2.35. The summed E-state index contributed by atoms with van der Waals surface area (Å²) in [5.41, 5.74) is 1.24. The Kier molecular flexibility index (Phi) is 5.76. The Morgan fingerprint density at radius 1 is 1.24 bits per heavy atom. The topological polar surface area (TPSA) is 28.2 Å². The molecule has 0 aliphatic rings. The SMILES string of the molecule is CCNC(C)c1ccc(N(Cc2cccs2)C(C)C)nc1. The van der Waals surface area contributed by atoms with Crippen LogP contribution in [0.5, 0.6) is 0 Å². The monoisotopic (exact) mass is 303 g/mol. The first kappa shape index (κ1) is 16.0. The normalized spacial score (nSPS) is 12.6. The van der Waals surface area contributed by atoms with Gasteiger partial charge in [-0.05, 0) is 50.4 Å². The Labute approximate surface area is 132 Å². The number of nitrogens with zero attached hydrogens (tertiary/aromatic N) is 2. The maximum absolute atomic E-state index is 4.67. The van der Waals surface area contributed by atoms with E-state index in [-0.39, 0.29) is 0 Å². The number of anilines is 1. The molecule has 2 aromatic rings. The highest BCUT2D eigenvalue weighted by Gasteiger charge is 2.14. The van der Waals surface area contributed by atoms with Gasteiger partial charge >= 0.3 is 0 Å². The van der Waals surface area contributed by atoms with Gasteiger partial charge in [-0.25, -0.2) is 4.98 Å². The number of hydrogen-bond donors (Lipinski definition) is 1. The molecule has 4 heteroatoms. The van der Waals surface area contributed by atoms with E-state index in [9.17, 15) is 0 Å². The van der Waals surface area contributed by atoms with Crippen molar-refractivity contribution in [2.75, 3.05) is 11.4 Å². The molecule has 0 aliphatic carbocycles. The lowest BCUT2D eigenvalue weighted by Crippen LogP contribution is -2.30. The van der Waals surface area contributed by atoms with Crippen LogP contribution in [0.2, 0.25) is 0 Å². The van der Waals surface area contributed by atoms with Crippen LogP contribution in [0.4, 0.5) is 5.82 Å². The van der Waals surface area contributed by atoms with Crippen LogP contribution >= 0.6 is 11.3 Å². The molecule has 114 valence electrons. The van der Waals surface area contributed by atoms with Crippen molar-refractivity contribution in [3.8, 4) is 0 Å². The van der Waals surface area contributed by atoms with E-state index >= 15 is 0 Å². The molecule has 2 heterocycles. The molecule has 0 aliphatic heterocycles. The van der Waals surface area contributed by atoms with Gasteiger partial charge in [-0.3, -0.25) is 0 Å². The average Bonchev–Trinajstić information content (AvgIpc) is 2.98. The molecule has 1 unspecified atom stereocenters. The number of pyridine rings is 1. The molecule has 0 fully saturated rings. The van der Waals surface area contributed by atoms with E-state index in [0.717, 1.165) is 18.9 Å². The molecule has 0 saturated heterocycles. The average molecular weight is 303 g/mol. The molecule has 2 aromatic heterocycles. The van der Waals surface area contributed by atoms with Gasteiger partial charge in [-0.1, -0.05) is 19.1 Å². The van der Waals surface area contributed by atoms with E-state index in [4.69, 9.17) is 0 Å². The molecule has 0 spiro atoms. The molecule has 0 amide bonds. The van der Waals surface area contributed by atoms with Crippen LogP contribution in [0.3, 0.4) is 0 Å². The maximum atomic E-state index is 4.67. The summed E-state index contributed by atoms with van der Waals surface area (Å²) in [5, 5.41) is 5.55. The molecule has 0 saturated carbocycles. The summed E-state index contributed by atoms with van der Waals surface area (Å²) in [7, 11) is 0. The first-order valence-corrected chi connectivity index (χ1v) is 8.48. The first-order chi connectivity index (χ1) is 10.1. The number of aromatic nitrogens is 1. The summed E-state index contributed by atoms with van der Waals surface area (Å²) in [6, 6.07) is 9.38.